The number of nitrogens with zero attached hydrogens (tertiary/aromatic N) is 2. The molecule has 1 unspecified atom stereocenters. The van der Waals surface area contributed by atoms with E-state index in [4.69, 9.17) is 4.74 Å². The lowest BCUT2D eigenvalue weighted by Gasteiger charge is -2.17. The molecule has 0 spiro atoms. The van der Waals surface area contributed by atoms with Gasteiger partial charge >= 0.3 is 12.1 Å². The zero-order valence-corrected chi connectivity index (χ0v) is 18.5. The number of carbonyl (C=O) groups excluding carboxylic acids is 1. The minimum Gasteiger partial charge on any atom is -0.480 e. The van der Waals surface area contributed by atoms with Gasteiger partial charge in [0.1, 0.15) is 12.6 Å². The average molecular weight is 452 g/mol. The first-order chi connectivity index (χ1) is 15.5. The van der Waals surface area contributed by atoms with Gasteiger partial charge in [-0.1, -0.05) is 48.5 Å². The Morgan fingerprint density at radius 1 is 1.16 bits per heavy atom. The van der Waals surface area contributed by atoms with E-state index in [1.165, 1.54) is 0 Å². The first-order valence-corrected chi connectivity index (χ1v) is 11.6. The van der Waals surface area contributed by atoms with E-state index in [1.807, 2.05) is 48.0 Å². The van der Waals surface area contributed by atoms with Crippen molar-refractivity contribution in [3.63, 3.8) is 0 Å². The number of carbonyl (C=O) groups is 2. The second kappa shape index (κ2) is 9.91. The number of nitrogens with one attached hydrogen (secondary N) is 1. The summed E-state index contributed by atoms with van der Waals surface area (Å²) >= 11 is 1.60. The highest BCUT2D eigenvalue weighted by atomic mass is 32.2. The van der Waals surface area contributed by atoms with Gasteiger partial charge in [0.05, 0.1) is 6.33 Å². The van der Waals surface area contributed by atoms with Gasteiger partial charge in [0.2, 0.25) is 0 Å². The van der Waals surface area contributed by atoms with Crippen LogP contribution >= 0.6 is 11.8 Å². The smallest absolute Gasteiger partial charge is 0.407 e. The first-order valence-electron chi connectivity index (χ1n) is 10.4. The van der Waals surface area contributed by atoms with Gasteiger partial charge in [-0.3, -0.25) is 0 Å². The molecule has 0 aliphatic heterocycles. The van der Waals surface area contributed by atoms with Crippen LogP contribution in [-0.4, -0.2) is 45.1 Å². The quantitative estimate of drug-likeness (QED) is 0.477. The van der Waals surface area contributed by atoms with Gasteiger partial charge < -0.3 is 19.7 Å². The number of benzene rings is 2. The van der Waals surface area contributed by atoms with Gasteiger partial charge in [-0.25, -0.2) is 14.6 Å². The fraction of sp³-hybridized carbons (Fsp3) is 0.292. The van der Waals surface area contributed by atoms with Crippen LogP contribution in [0, 0.1) is 0 Å². The van der Waals surface area contributed by atoms with Crippen molar-refractivity contribution in [2.24, 2.45) is 7.05 Å². The molecule has 1 heterocycles. The summed E-state index contributed by atoms with van der Waals surface area (Å²) < 4.78 is 7.40. The molecular formula is C24H25N3O4S. The summed E-state index contributed by atoms with van der Waals surface area (Å²) in [5, 5.41) is 12.0. The Kier molecular flexibility index (Phi) is 6.80. The molecule has 0 bridgehead atoms. The Morgan fingerprint density at radius 3 is 2.41 bits per heavy atom. The monoisotopic (exact) mass is 451 g/mol. The molecule has 2 aromatic carbocycles. The molecular weight excluding hydrogens is 426 g/mol. The number of hydrogen-bond acceptors (Lipinski definition) is 5. The second-order valence-electron chi connectivity index (χ2n) is 7.70. The van der Waals surface area contributed by atoms with Crippen molar-refractivity contribution in [2.75, 3.05) is 12.4 Å². The normalized spacial score (nSPS) is 13.3. The molecule has 0 radical (unpaired) electrons. The largest absolute Gasteiger partial charge is 0.480 e. The molecule has 7 nitrogen and oxygen atoms in total. The second-order valence-corrected chi connectivity index (χ2v) is 8.80. The number of hydrogen-bond donors (Lipinski definition) is 2. The molecule has 1 amide bonds. The van der Waals surface area contributed by atoms with E-state index in [-0.39, 0.29) is 12.5 Å². The predicted octanol–water partition coefficient (Wildman–Crippen LogP) is 4.04. The summed E-state index contributed by atoms with van der Waals surface area (Å²) in [5.74, 6) is 0.185. The molecule has 8 heteroatoms. The summed E-state index contributed by atoms with van der Waals surface area (Å²) in [6, 6.07) is 15.2. The Morgan fingerprint density at radius 2 is 1.81 bits per heavy atom. The van der Waals surface area contributed by atoms with Crippen molar-refractivity contribution >= 4 is 23.8 Å². The first kappa shape index (κ1) is 22.0. The lowest BCUT2D eigenvalue weighted by atomic mass is 9.98. The van der Waals surface area contributed by atoms with E-state index < -0.39 is 18.1 Å². The third-order valence-electron chi connectivity index (χ3n) is 5.65. The third kappa shape index (κ3) is 4.80. The van der Waals surface area contributed by atoms with E-state index in [0.717, 1.165) is 33.7 Å². The minimum absolute atomic E-state index is 0.0640. The Hall–Kier alpha value is -3.26. The van der Waals surface area contributed by atoms with Crippen molar-refractivity contribution in [1.82, 2.24) is 14.9 Å². The van der Waals surface area contributed by atoms with Crippen LogP contribution in [0.3, 0.4) is 0 Å². The van der Waals surface area contributed by atoms with Crippen LogP contribution < -0.4 is 5.32 Å². The van der Waals surface area contributed by atoms with Crippen LogP contribution in [0.25, 0.3) is 11.1 Å². The molecule has 0 saturated carbocycles. The number of rotatable bonds is 9. The summed E-state index contributed by atoms with van der Waals surface area (Å²) in [6.45, 7) is 0.154. The van der Waals surface area contributed by atoms with E-state index in [9.17, 15) is 14.7 Å². The number of ether oxygens (including phenoxy) is 1. The number of thioether (sulfide) groups is 1. The van der Waals surface area contributed by atoms with Gasteiger partial charge in [0, 0.05) is 30.6 Å². The van der Waals surface area contributed by atoms with Gasteiger partial charge in [-0.15, -0.1) is 0 Å². The lowest BCUT2D eigenvalue weighted by molar-refractivity contribution is -0.139. The van der Waals surface area contributed by atoms with E-state index >= 15 is 0 Å². The zero-order chi connectivity index (χ0) is 22.5. The Labute approximate surface area is 190 Å². The van der Waals surface area contributed by atoms with Gasteiger partial charge in [-0.05, 0) is 34.4 Å². The maximum absolute atomic E-state index is 12.4. The summed E-state index contributed by atoms with van der Waals surface area (Å²) in [6.07, 6.45) is 3.11. The molecule has 4 rings (SSSR count). The number of carboxylic acids is 1. The number of aromatic nitrogens is 2. The third-order valence-corrected chi connectivity index (χ3v) is 6.68. The molecule has 1 aliphatic rings. The molecule has 166 valence electrons. The minimum atomic E-state index is -1.07. The van der Waals surface area contributed by atoms with E-state index in [1.54, 1.807) is 24.3 Å². The average Bonchev–Trinajstić information content (AvgIpc) is 3.35. The highest BCUT2D eigenvalue weighted by Crippen LogP contribution is 2.44. The van der Waals surface area contributed by atoms with Crippen molar-refractivity contribution in [3.05, 3.63) is 77.9 Å². The number of carboxylic acid groups (broad SMARTS) is 1. The van der Waals surface area contributed by atoms with Gasteiger partial charge in [-0.2, -0.15) is 11.8 Å². The van der Waals surface area contributed by atoms with Gasteiger partial charge in [0.15, 0.2) is 0 Å². The summed E-state index contributed by atoms with van der Waals surface area (Å²) in [7, 11) is 1.92. The van der Waals surface area contributed by atoms with E-state index in [2.05, 4.69) is 22.4 Å². The van der Waals surface area contributed by atoms with E-state index in [0.29, 0.717) is 12.2 Å². The number of fused-ring (bicyclic) bond motifs is 3. The maximum Gasteiger partial charge on any atom is 0.407 e. The fourth-order valence-electron chi connectivity index (χ4n) is 3.94. The van der Waals surface area contributed by atoms with Crippen LogP contribution in [0.1, 0.15) is 29.2 Å². The molecule has 1 aromatic heterocycles. The van der Waals surface area contributed by atoms with Gasteiger partial charge in [0.25, 0.3) is 0 Å². The Bertz CT molecular complexity index is 1070. The molecule has 1 aliphatic carbocycles. The highest BCUT2D eigenvalue weighted by Gasteiger charge is 2.29. The maximum atomic E-state index is 12.4. The molecule has 1 atom stereocenters. The predicted molar refractivity (Wildman–Crippen MR) is 124 cm³/mol. The van der Waals surface area contributed by atoms with Crippen LogP contribution in [0.4, 0.5) is 4.79 Å². The summed E-state index contributed by atoms with van der Waals surface area (Å²) in [5.41, 5.74) is 5.58. The topological polar surface area (TPSA) is 93.5 Å². The zero-order valence-electron chi connectivity index (χ0n) is 17.7. The van der Waals surface area contributed by atoms with Crippen LogP contribution in [0.15, 0.2) is 61.1 Å². The lowest BCUT2D eigenvalue weighted by Crippen LogP contribution is -2.41. The fourth-order valence-corrected chi connectivity index (χ4v) is 4.98. The molecule has 3 aromatic rings. The SMILES string of the molecule is Cn1cncc1CSCCC(NC(=O)OCC1c2ccccc2-c2ccccc21)C(=O)O. The van der Waals surface area contributed by atoms with Crippen LogP contribution in [0.5, 0.6) is 0 Å². The van der Waals surface area contributed by atoms with Crippen molar-refractivity contribution in [3.8, 4) is 11.1 Å². The standard InChI is InChI=1S/C24H25N3O4S/c1-27-15-25-12-16(27)14-32-11-10-22(23(28)29)26-24(30)31-13-21-19-8-4-2-6-17(19)18-7-3-5-9-20(18)21/h2-9,12,15,21-22H,10-11,13-14H2,1H3,(H,26,30)(H,28,29). The number of aryl methyl sites for hydroxylation is 1. The highest BCUT2D eigenvalue weighted by molar-refractivity contribution is 7.98. The van der Waals surface area contributed by atoms with Crippen molar-refractivity contribution < 1.29 is 19.4 Å². The number of aliphatic carboxylic acids is 1. The number of amides is 1. The number of alkyl carbamates (subject to hydrolysis) is 1. The van der Waals surface area contributed by atoms with Crippen molar-refractivity contribution in [2.45, 2.75) is 24.1 Å². The summed E-state index contributed by atoms with van der Waals surface area (Å²) in [4.78, 5) is 28.1. The van der Waals surface area contributed by atoms with Crippen molar-refractivity contribution in [1.29, 1.82) is 0 Å². The molecule has 0 saturated heterocycles. The Balaban J connectivity index is 1.30. The van der Waals surface area contributed by atoms with Crippen LogP contribution in [0.2, 0.25) is 0 Å². The molecule has 32 heavy (non-hydrogen) atoms. The number of imidazole rings is 1. The molecule has 0 fully saturated rings. The molecule has 2 N–H and O–H groups in total. The van der Waals surface area contributed by atoms with Crippen LogP contribution in [-0.2, 0) is 22.3 Å².